The number of methoxy groups -OCH3 is 1. The van der Waals surface area contributed by atoms with E-state index in [0.29, 0.717) is 0 Å². The predicted octanol–water partition coefficient (Wildman–Crippen LogP) is 1.03. The quantitative estimate of drug-likeness (QED) is 0.457. The summed E-state index contributed by atoms with van der Waals surface area (Å²) in [6.07, 6.45) is 1.47. The van der Waals surface area contributed by atoms with Crippen molar-refractivity contribution in [1.82, 2.24) is 0 Å². The van der Waals surface area contributed by atoms with Gasteiger partial charge in [0.1, 0.15) is 11.4 Å². The van der Waals surface area contributed by atoms with Gasteiger partial charge in [0.05, 0.1) is 12.0 Å². The lowest BCUT2D eigenvalue weighted by molar-refractivity contribution is -0.516. The zero-order valence-corrected chi connectivity index (χ0v) is 8.64. The number of hydrogen-bond acceptors (Lipinski definition) is 3. The van der Waals surface area contributed by atoms with E-state index in [9.17, 15) is 10.1 Å². The third-order valence-corrected chi connectivity index (χ3v) is 1.92. The van der Waals surface area contributed by atoms with Crippen LogP contribution >= 0.6 is 0 Å². The fraction of sp³-hybridized carbons (Fsp3) is 0.200. The average molecular weight is 209 g/mol. The maximum Gasteiger partial charge on any atom is 0.295 e. The van der Waals surface area contributed by atoms with Gasteiger partial charge < -0.3 is 4.74 Å². The van der Waals surface area contributed by atoms with Crippen LogP contribution in [0.1, 0.15) is 6.92 Å². The number of rotatable bonds is 4. The van der Waals surface area contributed by atoms with Crippen molar-refractivity contribution in [3.63, 3.8) is 0 Å². The van der Waals surface area contributed by atoms with Gasteiger partial charge in [-0.05, 0) is 12.1 Å². The Balaban J connectivity index is 2.66. The molecule has 0 heterocycles. The van der Waals surface area contributed by atoms with Gasteiger partial charge in [0.2, 0.25) is 0 Å². The number of nitrogens with two attached hydrogens (primary N) is 1. The van der Waals surface area contributed by atoms with Gasteiger partial charge >= 0.3 is 0 Å². The second kappa shape index (κ2) is 5.11. The van der Waals surface area contributed by atoms with Crippen LogP contribution in [0.5, 0.6) is 5.75 Å². The van der Waals surface area contributed by atoms with Gasteiger partial charge in [-0.15, -0.1) is 0 Å². The van der Waals surface area contributed by atoms with E-state index in [1.165, 1.54) is 13.1 Å². The van der Waals surface area contributed by atoms with E-state index in [-0.39, 0.29) is 5.70 Å². The Morgan fingerprint density at radius 2 is 2.07 bits per heavy atom. The van der Waals surface area contributed by atoms with Crippen LogP contribution in [0.2, 0.25) is 0 Å². The van der Waals surface area contributed by atoms with Gasteiger partial charge in [-0.2, -0.15) is 0 Å². The summed E-state index contributed by atoms with van der Waals surface area (Å²) in [5, 5.41) is 12.0. The summed E-state index contributed by atoms with van der Waals surface area (Å²) in [6.45, 7) is 1.46. The first-order valence-electron chi connectivity index (χ1n) is 4.43. The van der Waals surface area contributed by atoms with Gasteiger partial charge in [0, 0.05) is 19.1 Å². The van der Waals surface area contributed by atoms with Crippen LogP contribution in [0.15, 0.2) is 36.2 Å². The lowest BCUT2D eigenvalue weighted by Crippen LogP contribution is -2.71. The van der Waals surface area contributed by atoms with E-state index in [0.717, 1.165) is 11.4 Å². The molecule has 5 nitrogen and oxygen atoms in total. The molecule has 0 bridgehead atoms. The zero-order valence-electron chi connectivity index (χ0n) is 8.64. The molecule has 15 heavy (non-hydrogen) atoms. The summed E-state index contributed by atoms with van der Waals surface area (Å²) in [4.78, 5) is 9.90. The molecule has 2 N–H and O–H groups in total. The molecular formula is C10H13N2O3+. The van der Waals surface area contributed by atoms with Crippen LogP contribution in [0.3, 0.4) is 0 Å². The van der Waals surface area contributed by atoms with Gasteiger partial charge in [-0.25, -0.2) is 0 Å². The molecule has 0 amide bonds. The van der Waals surface area contributed by atoms with E-state index in [2.05, 4.69) is 0 Å². The molecule has 0 saturated carbocycles. The van der Waals surface area contributed by atoms with Crippen molar-refractivity contribution >= 4 is 5.69 Å². The molecule has 0 aromatic heterocycles. The maximum atomic E-state index is 10.3. The molecule has 0 spiro atoms. The Hall–Kier alpha value is -1.88. The highest BCUT2D eigenvalue weighted by molar-refractivity contribution is 5.35. The third-order valence-electron chi connectivity index (χ3n) is 1.92. The molecule has 0 unspecified atom stereocenters. The van der Waals surface area contributed by atoms with Crippen LogP contribution < -0.4 is 10.1 Å². The fourth-order valence-corrected chi connectivity index (χ4v) is 0.993. The van der Waals surface area contributed by atoms with Crippen LogP contribution in [-0.4, -0.2) is 12.0 Å². The second-order valence-corrected chi connectivity index (χ2v) is 3.00. The Morgan fingerprint density at radius 3 is 2.53 bits per heavy atom. The molecule has 1 aromatic carbocycles. The number of hydrogen-bond donors (Lipinski definition) is 1. The van der Waals surface area contributed by atoms with E-state index < -0.39 is 4.92 Å². The van der Waals surface area contributed by atoms with Gasteiger partial charge in [0.25, 0.3) is 5.70 Å². The fourth-order valence-electron chi connectivity index (χ4n) is 0.993. The number of nitrogens with zero attached hydrogens (tertiary/aromatic N) is 1. The van der Waals surface area contributed by atoms with Crippen LogP contribution in [0.25, 0.3) is 0 Å². The van der Waals surface area contributed by atoms with Crippen molar-refractivity contribution in [3.05, 3.63) is 46.3 Å². The molecule has 0 saturated heterocycles. The van der Waals surface area contributed by atoms with Crippen molar-refractivity contribution in [2.45, 2.75) is 6.92 Å². The highest BCUT2D eigenvalue weighted by Crippen LogP contribution is 2.11. The monoisotopic (exact) mass is 209 g/mol. The van der Waals surface area contributed by atoms with E-state index in [1.54, 1.807) is 24.6 Å². The molecule has 0 aliphatic heterocycles. The van der Waals surface area contributed by atoms with Crippen LogP contribution in [0, 0.1) is 10.1 Å². The number of allylic oxidation sites excluding steroid dienone is 1. The SMILES string of the molecule is COc1ccc([NH2+]/C=C(/C)[N+](=O)[O-])cc1. The minimum Gasteiger partial charge on any atom is -0.497 e. The van der Waals surface area contributed by atoms with Crippen molar-refractivity contribution < 1.29 is 15.0 Å². The summed E-state index contributed by atoms with van der Waals surface area (Å²) in [5.41, 5.74) is 1.02. The zero-order chi connectivity index (χ0) is 11.3. The highest BCUT2D eigenvalue weighted by atomic mass is 16.6. The number of benzene rings is 1. The molecule has 5 heteroatoms. The smallest absolute Gasteiger partial charge is 0.295 e. The standard InChI is InChI=1S/C10H12N2O3/c1-8(12(13)14)7-11-9-3-5-10(15-2)6-4-9/h3-7,11H,1-2H3/p+1/b8-7-. The topological polar surface area (TPSA) is 69.0 Å². The Labute approximate surface area is 87.5 Å². The molecule has 0 atom stereocenters. The third kappa shape index (κ3) is 3.40. The van der Waals surface area contributed by atoms with Crippen LogP contribution in [-0.2, 0) is 0 Å². The largest absolute Gasteiger partial charge is 0.497 e. The molecule has 0 radical (unpaired) electrons. The summed E-state index contributed by atoms with van der Waals surface area (Å²) >= 11 is 0. The lowest BCUT2D eigenvalue weighted by atomic mass is 10.3. The molecule has 1 aromatic rings. The number of nitro groups is 1. The van der Waals surface area contributed by atoms with Crippen molar-refractivity contribution in [1.29, 1.82) is 0 Å². The number of ether oxygens (including phenoxy) is 1. The van der Waals surface area contributed by atoms with Crippen molar-refractivity contribution in [3.8, 4) is 5.75 Å². The summed E-state index contributed by atoms with van der Waals surface area (Å²) in [5.74, 6) is 0.766. The minimum absolute atomic E-state index is 0.116. The van der Waals surface area contributed by atoms with Gasteiger partial charge in [-0.1, -0.05) is 0 Å². The molecule has 1 rings (SSSR count). The molecular weight excluding hydrogens is 196 g/mol. The number of quaternary nitrogens is 1. The molecule has 0 fully saturated rings. The molecule has 0 aliphatic rings. The van der Waals surface area contributed by atoms with Crippen molar-refractivity contribution in [2.75, 3.05) is 7.11 Å². The first-order chi connectivity index (χ1) is 7.13. The van der Waals surface area contributed by atoms with Gasteiger partial charge in [-0.3, -0.25) is 15.4 Å². The summed E-state index contributed by atoms with van der Waals surface area (Å²) in [6, 6.07) is 7.29. The second-order valence-electron chi connectivity index (χ2n) is 3.00. The first kappa shape index (κ1) is 11.2. The average Bonchev–Trinajstić information content (AvgIpc) is 2.26. The highest BCUT2D eigenvalue weighted by Gasteiger charge is 2.04. The summed E-state index contributed by atoms with van der Waals surface area (Å²) < 4.78 is 5.00. The Bertz CT molecular complexity index is 371. The molecule has 80 valence electrons. The molecule has 0 aliphatic carbocycles. The Kier molecular flexibility index (Phi) is 3.82. The first-order valence-corrected chi connectivity index (χ1v) is 4.43. The predicted molar refractivity (Wildman–Crippen MR) is 55.3 cm³/mol. The van der Waals surface area contributed by atoms with Gasteiger partial charge in [0.15, 0.2) is 6.20 Å². The van der Waals surface area contributed by atoms with Crippen molar-refractivity contribution in [2.24, 2.45) is 0 Å². The normalized spacial score (nSPS) is 11.2. The lowest BCUT2D eigenvalue weighted by Gasteiger charge is -1.98. The minimum atomic E-state index is -0.417. The van der Waals surface area contributed by atoms with Crippen LogP contribution in [0.4, 0.5) is 5.69 Å². The van der Waals surface area contributed by atoms with E-state index in [4.69, 9.17) is 4.74 Å². The van der Waals surface area contributed by atoms with E-state index >= 15 is 0 Å². The van der Waals surface area contributed by atoms with E-state index in [1.807, 2.05) is 12.1 Å². The maximum absolute atomic E-state index is 10.3. The Morgan fingerprint density at radius 1 is 1.47 bits per heavy atom. The summed E-state index contributed by atoms with van der Waals surface area (Å²) in [7, 11) is 1.59.